The van der Waals surface area contributed by atoms with Crippen molar-refractivity contribution in [3.05, 3.63) is 80.5 Å². The van der Waals surface area contributed by atoms with Gasteiger partial charge in [0.2, 0.25) is 0 Å². The minimum Gasteiger partial charge on any atom is -0.465 e. The highest BCUT2D eigenvalue weighted by Crippen LogP contribution is 2.49. The van der Waals surface area contributed by atoms with Crippen molar-refractivity contribution in [2.24, 2.45) is 14.1 Å². The average Bonchev–Trinajstić information content (AvgIpc) is 3.39. The summed E-state index contributed by atoms with van der Waals surface area (Å²) in [5.74, 6) is 2.55. The number of aryl methyl sites for hydroxylation is 2. The van der Waals surface area contributed by atoms with Gasteiger partial charge < -0.3 is 13.9 Å². The summed E-state index contributed by atoms with van der Waals surface area (Å²) in [7, 11) is 7.43. The molecule has 0 amide bonds. The lowest BCUT2D eigenvalue weighted by molar-refractivity contribution is 0.334. The third-order valence-electron chi connectivity index (χ3n) is 6.36. The third-order valence-corrected chi connectivity index (χ3v) is 7.72. The molecule has 0 bridgehead atoms. The molecule has 3 aromatic heterocycles. The maximum atomic E-state index is 13.6. The Morgan fingerprint density at radius 2 is 1.79 bits per heavy atom. The van der Waals surface area contributed by atoms with E-state index in [4.69, 9.17) is 4.42 Å². The fourth-order valence-electron chi connectivity index (χ4n) is 4.95. The van der Waals surface area contributed by atoms with Crippen molar-refractivity contribution in [2.75, 3.05) is 26.4 Å². The molecule has 0 saturated heterocycles. The number of thioether (sulfide) groups is 1. The molecule has 0 spiro atoms. The number of aromatic nitrogens is 3. The van der Waals surface area contributed by atoms with Gasteiger partial charge in [-0.05, 0) is 38.7 Å². The largest absolute Gasteiger partial charge is 0.465 e. The Kier molecular flexibility index (Phi) is 5.37. The highest BCUT2D eigenvalue weighted by molar-refractivity contribution is 7.99. The van der Waals surface area contributed by atoms with E-state index in [-0.39, 0.29) is 22.5 Å². The fourth-order valence-corrected chi connectivity index (χ4v) is 6.29. The van der Waals surface area contributed by atoms with Gasteiger partial charge in [0.1, 0.15) is 16.8 Å². The summed E-state index contributed by atoms with van der Waals surface area (Å²) in [6.45, 7) is 2.75. The van der Waals surface area contributed by atoms with Crippen LogP contribution in [0.25, 0.3) is 22.2 Å². The highest BCUT2D eigenvalue weighted by Gasteiger charge is 2.38. The predicted molar refractivity (Wildman–Crippen MR) is 133 cm³/mol. The van der Waals surface area contributed by atoms with Crippen LogP contribution in [0.15, 0.2) is 56.5 Å². The molecular formula is C25H28N4O3S. The van der Waals surface area contributed by atoms with E-state index in [1.807, 2.05) is 49.4 Å². The van der Waals surface area contributed by atoms with E-state index in [1.54, 1.807) is 30.4 Å². The molecule has 33 heavy (non-hydrogen) atoms. The summed E-state index contributed by atoms with van der Waals surface area (Å²) in [6.07, 6.45) is 0. The first kappa shape index (κ1) is 21.9. The van der Waals surface area contributed by atoms with E-state index < -0.39 is 0 Å². The lowest BCUT2D eigenvalue weighted by Gasteiger charge is -2.34. The number of hydrogen-bond donors (Lipinski definition) is 0. The van der Waals surface area contributed by atoms with Gasteiger partial charge in [0.05, 0.1) is 28.3 Å². The van der Waals surface area contributed by atoms with Crippen molar-refractivity contribution < 1.29 is 4.42 Å². The minimum atomic E-state index is -0.324. The van der Waals surface area contributed by atoms with Gasteiger partial charge in [-0.3, -0.25) is 13.9 Å². The van der Waals surface area contributed by atoms with Crippen molar-refractivity contribution in [1.82, 2.24) is 18.6 Å². The SMILES string of the molecule is Cc1ccc(C2SC[C@H](CN(C)C)n3c(-c4ccccc4)c4c(=O)n(C)c(=O)n(C)c4c32)o1. The fraction of sp³-hybridized carbons (Fsp3) is 0.360. The Labute approximate surface area is 196 Å². The smallest absolute Gasteiger partial charge is 0.331 e. The molecule has 7 nitrogen and oxygen atoms in total. The molecule has 8 heteroatoms. The van der Waals surface area contributed by atoms with Gasteiger partial charge in [-0.25, -0.2) is 4.79 Å². The molecule has 1 aliphatic heterocycles. The zero-order chi connectivity index (χ0) is 23.4. The van der Waals surface area contributed by atoms with Gasteiger partial charge in [-0.2, -0.15) is 0 Å². The van der Waals surface area contributed by atoms with Crippen molar-refractivity contribution in [3.63, 3.8) is 0 Å². The molecular weight excluding hydrogens is 436 g/mol. The van der Waals surface area contributed by atoms with Gasteiger partial charge in [-0.1, -0.05) is 30.3 Å². The van der Waals surface area contributed by atoms with E-state index in [9.17, 15) is 9.59 Å². The van der Waals surface area contributed by atoms with E-state index in [1.165, 1.54) is 4.57 Å². The van der Waals surface area contributed by atoms with Crippen LogP contribution in [0.3, 0.4) is 0 Å². The van der Waals surface area contributed by atoms with Gasteiger partial charge in [0.15, 0.2) is 0 Å². The Hall–Kier alpha value is -2.97. The number of likely N-dealkylation sites (N-methyl/N-ethyl adjacent to an activating group) is 1. The van der Waals surface area contributed by atoms with Crippen LogP contribution in [0, 0.1) is 6.92 Å². The number of furan rings is 1. The van der Waals surface area contributed by atoms with E-state index >= 15 is 0 Å². The summed E-state index contributed by atoms with van der Waals surface area (Å²) in [4.78, 5) is 28.8. The lowest BCUT2D eigenvalue weighted by atomic mass is 10.1. The van der Waals surface area contributed by atoms with E-state index in [2.05, 4.69) is 23.6 Å². The van der Waals surface area contributed by atoms with E-state index in [0.29, 0.717) is 10.9 Å². The Morgan fingerprint density at radius 3 is 2.42 bits per heavy atom. The predicted octanol–water partition coefficient (Wildman–Crippen LogP) is 3.55. The summed E-state index contributed by atoms with van der Waals surface area (Å²) in [5.41, 5.74) is 2.90. The summed E-state index contributed by atoms with van der Waals surface area (Å²) >= 11 is 1.80. The molecule has 172 valence electrons. The molecule has 0 saturated carbocycles. The van der Waals surface area contributed by atoms with Gasteiger partial charge in [0.25, 0.3) is 5.56 Å². The van der Waals surface area contributed by atoms with Crippen molar-refractivity contribution in [3.8, 4) is 11.3 Å². The molecule has 0 N–H and O–H groups in total. The molecule has 1 aliphatic rings. The standard InChI is InChI=1S/C25H28N4O3S/c1-15-11-12-18(32-15)23-22-21-19(24(30)28(5)25(31)27(21)4)20(16-9-7-6-8-10-16)29(22)17(14-33-23)13-26(2)3/h6-12,17,23H,13-14H2,1-5H3/t17-,23?/m0/s1. The third kappa shape index (κ3) is 3.40. The number of benzene rings is 1. The van der Waals surface area contributed by atoms with E-state index in [0.717, 1.165) is 40.8 Å². The zero-order valence-electron chi connectivity index (χ0n) is 19.5. The van der Waals surface area contributed by atoms with Crippen LogP contribution in [0.2, 0.25) is 0 Å². The first-order valence-corrected chi connectivity index (χ1v) is 12.1. The maximum Gasteiger partial charge on any atom is 0.331 e. The van der Waals surface area contributed by atoms with Crippen molar-refractivity contribution >= 4 is 22.7 Å². The molecule has 1 unspecified atom stereocenters. The topological polar surface area (TPSA) is 65.3 Å². The first-order chi connectivity index (χ1) is 15.8. The molecule has 2 atom stereocenters. The molecule has 1 aromatic carbocycles. The second kappa shape index (κ2) is 8.11. The Morgan fingerprint density at radius 1 is 1.06 bits per heavy atom. The van der Waals surface area contributed by atoms with Crippen LogP contribution >= 0.6 is 11.8 Å². The number of rotatable bonds is 4. The lowest BCUT2D eigenvalue weighted by Crippen LogP contribution is -2.37. The van der Waals surface area contributed by atoms with Gasteiger partial charge >= 0.3 is 5.69 Å². The first-order valence-electron chi connectivity index (χ1n) is 11.0. The van der Waals surface area contributed by atoms with Crippen LogP contribution in [0.5, 0.6) is 0 Å². The molecule has 4 heterocycles. The van der Waals surface area contributed by atoms with Crippen LogP contribution in [-0.2, 0) is 14.1 Å². The Balaban J connectivity index is 1.97. The number of hydrogen-bond acceptors (Lipinski definition) is 5. The van der Waals surface area contributed by atoms with Crippen molar-refractivity contribution in [1.29, 1.82) is 0 Å². The van der Waals surface area contributed by atoms with Gasteiger partial charge in [0, 0.05) is 26.4 Å². The zero-order valence-corrected chi connectivity index (χ0v) is 20.3. The summed E-state index contributed by atoms with van der Waals surface area (Å²) in [5, 5.41) is 0.468. The van der Waals surface area contributed by atoms with Gasteiger partial charge in [-0.15, -0.1) is 11.8 Å². The molecule has 5 rings (SSSR count). The van der Waals surface area contributed by atoms with Crippen LogP contribution in [0.4, 0.5) is 0 Å². The minimum absolute atomic E-state index is 0.116. The second-order valence-electron chi connectivity index (χ2n) is 8.98. The highest BCUT2D eigenvalue weighted by atomic mass is 32.2. The van der Waals surface area contributed by atoms with Crippen LogP contribution in [-0.4, -0.2) is 45.0 Å². The molecule has 4 aromatic rings. The van der Waals surface area contributed by atoms with Crippen LogP contribution < -0.4 is 11.2 Å². The number of nitrogens with zero attached hydrogens (tertiary/aromatic N) is 4. The maximum absolute atomic E-state index is 13.6. The Bertz CT molecular complexity index is 1460. The number of fused-ring (bicyclic) bond motifs is 3. The quantitative estimate of drug-likeness (QED) is 0.462. The van der Waals surface area contributed by atoms with Crippen molar-refractivity contribution in [2.45, 2.75) is 18.2 Å². The molecule has 0 aliphatic carbocycles. The summed E-state index contributed by atoms with van der Waals surface area (Å²) < 4.78 is 11.2. The second-order valence-corrected chi connectivity index (χ2v) is 10.1. The van der Waals surface area contributed by atoms with Crippen LogP contribution in [0.1, 0.15) is 28.5 Å². The monoisotopic (exact) mass is 464 g/mol. The average molecular weight is 465 g/mol. The normalized spacial score (nSPS) is 18.2. The summed E-state index contributed by atoms with van der Waals surface area (Å²) in [6, 6.07) is 14.1. The molecule has 0 radical (unpaired) electrons. The molecule has 0 fully saturated rings.